The van der Waals surface area contributed by atoms with E-state index in [0.717, 1.165) is 11.3 Å². The molecule has 0 aromatic carbocycles. The highest BCUT2D eigenvalue weighted by atomic mass is 16.5. The first kappa shape index (κ1) is 16.0. The van der Waals surface area contributed by atoms with E-state index < -0.39 is 0 Å². The van der Waals surface area contributed by atoms with Gasteiger partial charge in [0, 0.05) is 38.4 Å². The molecule has 1 unspecified atom stereocenters. The molecule has 1 fully saturated rings. The topological polar surface area (TPSA) is 59.4 Å². The molecule has 0 radical (unpaired) electrons. The summed E-state index contributed by atoms with van der Waals surface area (Å²) < 4.78 is 7.11. The quantitative estimate of drug-likeness (QED) is 0.876. The van der Waals surface area contributed by atoms with E-state index in [-0.39, 0.29) is 11.9 Å². The van der Waals surface area contributed by atoms with E-state index in [4.69, 9.17) is 4.74 Å². The van der Waals surface area contributed by atoms with Gasteiger partial charge in [0.15, 0.2) is 0 Å². The van der Waals surface area contributed by atoms with Gasteiger partial charge in [0.05, 0.1) is 24.9 Å². The molecule has 21 heavy (non-hydrogen) atoms. The Bertz CT molecular complexity index is 478. The predicted molar refractivity (Wildman–Crippen MR) is 81.0 cm³/mol. The highest BCUT2D eigenvalue weighted by Gasteiger charge is 2.22. The standard InChI is InChI=1S/C15H26N4O2/c1-11(2)14-13(10-18(4)17-14)9-16-12(3)15(20)19-5-7-21-8-6-19/h10-12,16H,5-9H2,1-4H3. The lowest BCUT2D eigenvalue weighted by Gasteiger charge is -2.29. The van der Waals surface area contributed by atoms with Crippen LogP contribution in [0.5, 0.6) is 0 Å². The second kappa shape index (κ2) is 7.04. The van der Waals surface area contributed by atoms with Crippen LogP contribution in [0.3, 0.4) is 0 Å². The Hall–Kier alpha value is -1.40. The van der Waals surface area contributed by atoms with Crippen molar-refractivity contribution >= 4 is 5.91 Å². The largest absolute Gasteiger partial charge is 0.378 e. The van der Waals surface area contributed by atoms with Crippen molar-refractivity contribution in [1.82, 2.24) is 20.0 Å². The molecule has 1 saturated heterocycles. The van der Waals surface area contributed by atoms with Crippen LogP contribution < -0.4 is 5.32 Å². The number of hydrogen-bond donors (Lipinski definition) is 1. The molecule has 118 valence electrons. The monoisotopic (exact) mass is 294 g/mol. The molecule has 1 aliphatic heterocycles. The molecule has 0 aliphatic carbocycles. The summed E-state index contributed by atoms with van der Waals surface area (Å²) in [6.07, 6.45) is 2.02. The SMILES string of the molecule is CC(NCc1cn(C)nc1C(C)C)C(=O)N1CCOCC1. The summed E-state index contributed by atoms with van der Waals surface area (Å²) >= 11 is 0. The van der Waals surface area contributed by atoms with E-state index in [1.165, 1.54) is 0 Å². The van der Waals surface area contributed by atoms with Crippen molar-refractivity contribution in [3.05, 3.63) is 17.5 Å². The van der Waals surface area contributed by atoms with Crippen LogP contribution in [0.25, 0.3) is 0 Å². The van der Waals surface area contributed by atoms with Gasteiger partial charge in [-0.1, -0.05) is 13.8 Å². The molecule has 1 aromatic rings. The van der Waals surface area contributed by atoms with Gasteiger partial charge in [-0.05, 0) is 12.8 Å². The van der Waals surface area contributed by atoms with Crippen molar-refractivity contribution in [2.24, 2.45) is 7.05 Å². The van der Waals surface area contributed by atoms with Crippen molar-refractivity contribution in [1.29, 1.82) is 0 Å². The summed E-state index contributed by atoms with van der Waals surface area (Å²) in [6, 6.07) is -0.191. The lowest BCUT2D eigenvalue weighted by molar-refractivity contribution is -0.137. The number of carbonyl (C=O) groups is 1. The summed E-state index contributed by atoms with van der Waals surface area (Å²) in [7, 11) is 1.93. The van der Waals surface area contributed by atoms with Crippen molar-refractivity contribution in [3.63, 3.8) is 0 Å². The molecular weight excluding hydrogens is 268 g/mol. The number of aryl methyl sites for hydroxylation is 1. The Labute approximate surface area is 126 Å². The van der Waals surface area contributed by atoms with Crippen LogP contribution in [0.15, 0.2) is 6.20 Å². The van der Waals surface area contributed by atoms with Gasteiger partial charge in [0.25, 0.3) is 0 Å². The first-order valence-electron chi connectivity index (χ1n) is 7.61. The number of hydrogen-bond acceptors (Lipinski definition) is 4. The summed E-state index contributed by atoms with van der Waals surface area (Å²) in [5, 5.41) is 7.81. The number of ether oxygens (including phenoxy) is 1. The van der Waals surface area contributed by atoms with Crippen LogP contribution in [-0.4, -0.2) is 52.9 Å². The van der Waals surface area contributed by atoms with E-state index in [2.05, 4.69) is 24.3 Å². The molecule has 2 heterocycles. The Morgan fingerprint density at radius 3 is 2.67 bits per heavy atom. The Kier molecular flexibility index (Phi) is 5.36. The van der Waals surface area contributed by atoms with Gasteiger partial charge in [0.1, 0.15) is 0 Å². The van der Waals surface area contributed by atoms with Crippen LogP contribution in [0.2, 0.25) is 0 Å². The fraction of sp³-hybridized carbons (Fsp3) is 0.733. The lowest BCUT2D eigenvalue weighted by Crippen LogP contribution is -2.49. The highest BCUT2D eigenvalue weighted by molar-refractivity contribution is 5.81. The van der Waals surface area contributed by atoms with Crippen LogP contribution in [-0.2, 0) is 23.1 Å². The molecule has 1 aromatic heterocycles. The third-order valence-corrected chi connectivity index (χ3v) is 3.78. The van der Waals surface area contributed by atoms with Gasteiger partial charge in [-0.2, -0.15) is 5.10 Å². The number of nitrogens with one attached hydrogen (secondary N) is 1. The molecule has 0 spiro atoms. The predicted octanol–water partition coefficient (Wildman–Crippen LogP) is 0.880. The van der Waals surface area contributed by atoms with Crippen LogP contribution in [0.4, 0.5) is 0 Å². The van der Waals surface area contributed by atoms with Crippen LogP contribution >= 0.6 is 0 Å². The minimum Gasteiger partial charge on any atom is -0.378 e. The molecule has 1 N–H and O–H groups in total. The minimum absolute atomic E-state index is 0.147. The van der Waals surface area contributed by atoms with Crippen molar-refractivity contribution in [3.8, 4) is 0 Å². The van der Waals surface area contributed by atoms with Gasteiger partial charge in [-0.3, -0.25) is 9.48 Å². The van der Waals surface area contributed by atoms with E-state index in [0.29, 0.717) is 38.8 Å². The molecule has 2 rings (SSSR count). The zero-order valence-electron chi connectivity index (χ0n) is 13.4. The molecule has 6 nitrogen and oxygen atoms in total. The maximum Gasteiger partial charge on any atom is 0.239 e. The maximum atomic E-state index is 12.3. The van der Waals surface area contributed by atoms with Gasteiger partial charge >= 0.3 is 0 Å². The van der Waals surface area contributed by atoms with Crippen molar-refractivity contribution in [2.45, 2.75) is 39.3 Å². The summed E-state index contributed by atoms with van der Waals surface area (Å²) in [5.74, 6) is 0.529. The van der Waals surface area contributed by atoms with Crippen molar-refractivity contribution in [2.75, 3.05) is 26.3 Å². The Morgan fingerprint density at radius 1 is 1.38 bits per heavy atom. The number of aromatic nitrogens is 2. The van der Waals surface area contributed by atoms with Crippen molar-refractivity contribution < 1.29 is 9.53 Å². The van der Waals surface area contributed by atoms with Gasteiger partial charge in [0.2, 0.25) is 5.91 Å². The average Bonchev–Trinajstić information content (AvgIpc) is 2.86. The van der Waals surface area contributed by atoms with E-state index in [1.54, 1.807) is 0 Å². The number of rotatable bonds is 5. The van der Waals surface area contributed by atoms with Gasteiger partial charge in [-0.15, -0.1) is 0 Å². The number of nitrogens with zero attached hydrogens (tertiary/aromatic N) is 3. The van der Waals surface area contributed by atoms with Crippen LogP contribution in [0, 0.1) is 0 Å². The zero-order chi connectivity index (χ0) is 15.4. The number of carbonyl (C=O) groups excluding carboxylic acids is 1. The number of amides is 1. The highest BCUT2D eigenvalue weighted by Crippen LogP contribution is 2.17. The zero-order valence-corrected chi connectivity index (χ0v) is 13.4. The normalized spacial score (nSPS) is 17.3. The molecule has 0 bridgehead atoms. The van der Waals surface area contributed by atoms with E-state index in [9.17, 15) is 4.79 Å². The lowest BCUT2D eigenvalue weighted by atomic mass is 10.1. The number of morpholine rings is 1. The third-order valence-electron chi connectivity index (χ3n) is 3.78. The molecule has 1 aliphatic rings. The second-order valence-electron chi connectivity index (χ2n) is 5.91. The first-order valence-corrected chi connectivity index (χ1v) is 7.61. The Balaban J connectivity index is 1.91. The molecule has 1 atom stereocenters. The minimum atomic E-state index is -0.191. The Morgan fingerprint density at radius 2 is 2.05 bits per heavy atom. The summed E-state index contributed by atoms with van der Waals surface area (Å²) in [6.45, 7) is 9.51. The smallest absolute Gasteiger partial charge is 0.239 e. The van der Waals surface area contributed by atoms with Gasteiger partial charge in [-0.25, -0.2) is 0 Å². The van der Waals surface area contributed by atoms with E-state index in [1.807, 2.05) is 29.7 Å². The summed E-state index contributed by atoms with van der Waals surface area (Å²) in [5.41, 5.74) is 2.25. The fourth-order valence-corrected chi connectivity index (χ4v) is 2.59. The first-order chi connectivity index (χ1) is 9.99. The molecule has 0 saturated carbocycles. The van der Waals surface area contributed by atoms with Crippen LogP contribution in [0.1, 0.15) is 37.9 Å². The summed E-state index contributed by atoms with van der Waals surface area (Å²) in [4.78, 5) is 14.2. The average molecular weight is 294 g/mol. The molecular formula is C15H26N4O2. The van der Waals surface area contributed by atoms with Gasteiger partial charge < -0.3 is 15.0 Å². The second-order valence-corrected chi connectivity index (χ2v) is 5.91. The third kappa shape index (κ3) is 4.04. The molecule has 6 heteroatoms. The fourth-order valence-electron chi connectivity index (χ4n) is 2.59. The molecule has 1 amide bonds. The maximum absolute atomic E-state index is 12.3. The van der Waals surface area contributed by atoms with E-state index >= 15 is 0 Å².